The van der Waals surface area contributed by atoms with E-state index in [0.717, 1.165) is 65.2 Å². The van der Waals surface area contributed by atoms with Crippen molar-refractivity contribution in [1.29, 1.82) is 5.26 Å². The van der Waals surface area contributed by atoms with Crippen molar-refractivity contribution in [1.82, 2.24) is 9.13 Å². The van der Waals surface area contributed by atoms with E-state index in [-0.39, 0.29) is 0 Å². The average molecular weight is 771 g/mol. The Hall–Kier alpha value is -7.48. The minimum absolute atomic E-state index is 0.481. The molecule has 13 rings (SSSR count). The van der Waals surface area contributed by atoms with Gasteiger partial charge in [0.1, 0.15) is 6.07 Å². The lowest BCUT2D eigenvalue weighted by molar-refractivity contribution is 1.14. The number of nitrogens with zero attached hydrogens (tertiary/aromatic N) is 4. The molecule has 0 fully saturated rings. The van der Waals surface area contributed by atoms with Crippen molar-refractivity contribution in [3.63, 3.8) is 0 Å². The maximum Gasteiger partial charge on any atom is 0.212 e. The van der Waals surface area contributed by atoms with Crippen LogP contribution < -0.4 is 0 Å². The summed E-state index contributed by atoms with van der Waals surface area (Å²) in [5.74, 6) is 0. The molecule has 4 nitrogen and oxygen atoms in total. The third kappa shape index (κ3) is 4.15. The SMILES string of the molecule is [C-]#[N+]c1cc(-n2c3cc4c(cc3c3c5ccccc5ccc32)sc2ccccc24)c(C#N)cc1-n1c2cc3c(cc2c2c4ccccc4ccc21)sc1ccccc13. The maximum atomic E-state index is 11.2. The summed E-state index contributed by atoms with van der Waals surface area (Å²) in [6.45, 7) is 8.73. The van der Waals surface area contributed by atoms with Crippen molar-refractivity contribution in [2.24, 2.45) is 0 Å². The molecule has 0 aliphatic rings. The van der Waals surface area contributed by atoms with Gasteiger partial charge in [-0.15, -0.1) is 22.7 Å². The fourth-order valence-electron chi connectivity index (χ4n) is 9.64. The molecule has 0 atom stereocenters. The summed E-state index contributed by atoms with van der Waals surface area (Å²) in [4.78, 5) is 4.25. The maximum absolute atomic E-state index is 11.2. The van der Waals surface area contributed by atoms with E-state index in [1.54, 1.807) is 0 Å². The van der Waals surface area contributed by atoms with Crippen molar-refractivity contribution in [2.45, 2.75) is 0 Å². The highest BCUT2D eigenvalue weighted by Crippen LogP contribution is 2.47. The van der Waals surface area contributed by atoms with E-state index in [1.807, 2.05) is 34.8 Å². The van der Waals surface area contributed by atoms with E-state index >= 15 is 0 Å². The van der Waals surface area contributed by atoms with Gasteiger partial charge in [-0.25, -0.2) is 4.85 Å². The normalized spacial score (nSPS) is 12.1. The highest BCUT2D eigenvalue weighted by atomic mass is 32.1. The smallest absolute Gasteiger partial charge is 0.212 e. The van der Waals surface area contributed by atoms with Crippen molar-refractivity contribution >= 4 is 134 Å². The highest BCUT2D eigenvalue weighted by Gasteiger charge is 2.24. The summed E-state index contributed by atoms with van der Waals surface area (Å²) in [7, 11) is 0. The topological polar surface area (TPSA) is 38.0 Å². The lowest BCUT2D eigenvalue weighted by atomic mass is 10.0. The minimum atomic E-state index is 0.481. The predicted molar refractivity (Wildman–Crippen MR) is 247 cm³/mol. The average Bonchev–Trinajstić information content (AvgIpc) is 4.01. The zero-order valence-corrected chi connectivity index (χ0v) is 32.2. The van der Waals surface area contributed by atoms with E-state index in [0.29, 0.717) is 22.6 Å². The molecule has 4 heterocycles. The standard InChI is InChI=1S/C52H26N4S2/c1-54-40-27-43(55-41-20-18-29-10-2-4-12-32(29)51(41)38-25-49-36(23-44(38)55)34-14-6-8-16-47(34)57-49)31(28-53)22-46(40)56-42-21-19-30-11-3-5-13-33(30)52(42)39-26-50-37(24-45(39)56)35-15-7-9-17-48(35)58-50/h2-27H. The van der Waals surface area contributed by atoms with E-state index in [1.165, 1.54) is 40.3 Å². The third-order valence-corrected chi connectivity index (χ3v) is 14.4. The lowest BCUT2D eigenvalue weighted by Gasteiger charge is -2.16. The molecule has 0 spiro atoms. The Labute approximate surface area is 338 Å². The summed E-state index contributed by atoms with van der Waals surface area (Å²) in [5, 5.41) is 25.2. The van der Waals surface area contributed by atoms with Gasteiger partial charge in [-0.3, -0.25) is 0 Å². The zero-order valence-electron chi connectivity index (χ0n) is 30.6. The fraction of sp³-hybridized carbons (Fsp3) is 0. The second-order valence-electron chi connectivity index (χ2n) is 15.0. The Morgan fingerprint density at radius 3 is 1.43 bits per heavy atom. The van der Waals surface area contributed by atoms with Gasteiger partial charge in [-0.1, -0.05) is 97.1 Å². The zero-order chi connectivity index (χ0) is 38.2. The van der Waals surface area contributed by atoms with Crippen LogP contribution in [0, 0.1) is 17.9 Å². The molecule has 13 aromatic rings. The largest absolute Gasteiger partial charge is 0.319 e. The molecule has 0 bridgehead atoms. The lowest BCUT2D eigenvalue weighted by Crippen LogP contribution is -2.01. The van der Waals surface area contributed by atoms with Crippen LogP contribution in [0.2, 0.25) is 0 Å². The molecule has 0 unspecified atom stereocenters. The molecule has 0 N–H and O–H groups in total. The van der Waals surface area contributed by atoms with Gasteiger partial charge in [0.05, 0.1) is 45.6 Å². The number of hydrogen-bond acceptors (Lipinski definition) is 3. The van der Waals surface area contributed by atoms with Gasteiger partial charge in [0.2, 0.25) is 5.69 Å². The van der Waals surface area contributed by atoms with Gasteiger partial charge in [-0.05, 0) is 82.2 Å². The first-order chi connectivity index (χ1) is 28.7. The number of nitriles is 1. The highest BCUT2D eigenvalue weighted by molar-refractivity contribution is 7.26. The van der Waals surface area contributed by atoms with Crippen molar-refractivity contribution in [2.75, 3.05) is 0 Å². The Balaban J connectivity index is 1.16. The quantitative estimate of drug-likeness (QED) is 0.161. The van der Waals surface area contributed by atoms with Crippen LogP contribution in [0.1, 0.15) is 5.56 Å². The molecule has 266 valence electrons. The molecule has 0 saturated heterocycles. The number of benzene rings is 9. The van der Waals surface area contributed by atoms with Crippen molar-refractivity contribution in [3.05, 3.63) is 175 Å². The van der Waals surface area contributed by atoms with Crippen LogP contribution >= 0.6 is 22.7 Å². The summed E-state index contributed by atoms with van der Waals surface area (Å²) in [6.07, 6.45) is 0. The van der Waals surface area contributed by atoms with E-state index in [9.17, 15) is 5.26 Å². The van der Waals surface area contributed by atoms with E-state index in [2.05, 4.69) is 166 Å². The summed E-state index contributed by atoms with van der Waals surface area (Å²) >= 11 is 3.62. The Bertz CT molecular complexity index is 3800. The van der Waals surface area contributed by atoms with E-state index in [4.69, 9.17) is 6.57 Å². The first kappa shape index (κ1) is 31.7. The third-order valence-electron chi connectivity index (χ3n) is 12.1. The summed E-state index contributed by atoms with van der Waals surface area (Å²) in [6, 6.07) is 58.6. The second kappa shape index (κ2) is 11.5. The molecular weight excluding hydrogens is 745 g/mol. The molecule has 0 radical (unpaired) electrons. The van der Waals surface area contributed by atoms with Crippen molar-refractivity contribution in [3.8, 4) is 17.4 Å². The Morgan fingerprint density at radius 1 is 0.431 bits per heavy atom. The molecule has 6 heteroatoms. The first-order valence-corrected chi connectivity index (χ1v) is 20.8. The van der Waals surface area contributed by atoms with Crippen LogP contribution in [0.5, 0.6) is 0 Å². The molecule has 0 aliphatic heterocycles. The van der Waals surface area contributed by atoms with Gasteiger partial charge in [-0.2, -0.15) is 5.26 Å². The number of thiophene rings is 2. The molecule has 0 amide bonds. The van der Waals surface area contributed by atoms with Gasteiger partial charge in [0.25, 0.3) is 0 Å². The van der Waals surface area contributed by atoms with Crippen LogP contribution in [-0.4, -0.2) is 9.13 Å². The molecular formula is C52H26N4S2. The fourth-order valence-corrected chi connectivity index (χ4v) is 11.9. The number of hydrogen-bond donors (Lipinski definition) is 0. The predicted octanol–water partition coefficient (Wildman–Crippen LogP) is 15.3. The summed E-state index contributed by atoms with van der Waals surface area (Å²) in [5.41, 5.74) is 6.41. The Morgan fingerprint density at radius 2 is 0.914 bits per heavy atom. The number of aromatic nitrogens is 2. The van der Waals surface area contributed by atoms with E-state index < -0.39 is 0 Å². The van der Waals surface area contributed by atoms with Gasteiger partial charge < -0.3 is 9.13 Å². The Kier molecular flexibility index (Phi) is 6.30. The molecule has 58 heavy (non-hydrogen) atoms. The van der Waals surface area contributed by atoms with Crippen LogP contribution in [0.25, 0.3) is 122 Å². The van der Waals surface area contributed by atoms with Crippen LogP contribution in [0.15, 0.2) is 158 Å². The molecule has 9 aromatic carbocycles. The van der Waals surface area contributed by atoms with Crippen LogP contribution in [0.3, 0.4) is 0 Å². The van der Waals surface area contributed by atoms with Gasteiger partial charge >= 0.3 is 0 Å². The van der Waals surface area contributed by atoms with Crippen molar-refractivity contribution < 1.29 is 0 Å². The number of rotatable bonds is 2. The number of fused-ring (bicyclic) bond motifs is 16. The monoisotopic (exact) mass is 770 g/mol. The summed E-state index contributed by atoms with van der Waals surface area (Å²) < 4.78 is 9.39. The molecule has 0 saturated carbocycles. The first-order valence-electron chi connectivity index (χ1n) is 19.2. The second-order valence-corrected chi connectivity index (χ2v) is 17.2. The van der Waals surface area contributed by atoms with Gasteiger partial charge in [0, 0.05) is 61.9 Å². The molecule has 0 aliphatic carbocycles. The van der Waals surface area contributed by atoms with Crippen LogP contribution in [-0.2, 0) is 0 Å². The minimum Gasteiger partial charge on any atom is -0.319 e. The molecule has 4 aromatic heterocycles. The van der Waals surface area contributed by atoms with Crippen LogP contribution in [0.4, 0.5) is 5.69 Å². The van der Waals surface area contributed by atoms with Gasteiger partial charge in [0.15, 0.2) is 0 Å².